The summed E-state index contributed by atoms with van der Waals surface area (Å²) in [6.07, 6.45) is 3.19. The van der Waals surface area contributed by atoms with E-state index in [4.69, 9.17) is 11.5 Å². The second kappa shape index (κ2) is 4.34. The lowest BCUT2D eigenvalue weighted by molar-refractivity contribution is -0.122. The van der Waals surface area contributed by atoms with Gasteiger partial charge in [-0.3, -0.25) is 4.79 Å². The van der Waals surface area contributed by atoms with E-state index in [0.717, 1.165) is 31.7 Å². The second-order valence-corrected chi connectivity index (χ2v) is 3.94. The Kier molecular flexibility index (Phi) is 2.89. The highest BCUT2D eigenvalue weighted by atomic mass is 16.1. The SMILES string of the molecule is NC(=O)C1CCN(c2ccnc(N)n2)CC1. The highest BCUT2D eigenvalue weighted by Gasteiger charge is 2.23. The zero-order valence-electron chi connectivity index (χ0n) is 8.97. The van der Waals surface area contributed by atoms with Crippen molar-refractivity contribution in [1.29, 1.82) is 0 Å². The summed E-state index contributed by atoms with van der Waals surface area (Å²) in [5.74, 6) is 0.877. The predicted octanol–water partition coefficient (Wildman–Crippen LogP) is -0.240. The third kappa shape index (κ3) is 2.21. The van der Waals surface area contributed by atoms with Crippen molar-refractivity contribution >= 4 is 17.7 Å². The Morgan fingerprint density at radius 2 is 2.12 bits per heavy atom. The molecule has 0 unspecified atom stereocenters. The van der Waals surface area contributed by atoms with Crippen LogP contribution in [-0.4, -0.2) is 29.0 Å². The van der Waals surface area contributed by atoms with Gasteiger partial charge in [0, 0.05) is 25.2 Å². The molecule has 0 radical (unpaired) electrons. The van der Waals surface area contributed by atoms with E-state index in [1.165, 1.54) is 0 Å². The van der Waals surface area contributed by atoms with Crippen molar-refractivity contribution in [3.8, 4) is 0 Å². The number of nitrogens with two attached hydrogens (primary N) is 2. The van der Waals surface area contributed by atoms with Gasteiger partial charge in [0.15, 0.2) is 0 Å². The Morgan fingerprint density at radius 1 is 1.44 bits per heavy atom. The van der Waals surface area contributed by atoms with E-state index in [-0.39, 0.29) is 17.8 Å². The maximum Gasteiger partial charge on any atom is 0.221 e. The highest BCUT2D eigenvalue weighted by Crippen LogP contribution is 2.21. The number of nitrogen functional groups attached to an aromatic ring is 1. The van der Waals surface area contributed by atoms with Crippen molar-refractivity contribution in [2.75, 3.05) is 23.7 Å². The fraction of sp³-hybridized carbons (Fsp3) is 0.500. The van der Waals surface area contributed by atoms with E-state index in [1.54, 1.807) is 6.20 Å². The van der Waals surface area contributed by atoms with Gasteiger partial charge in [0.2, 0.25) is 11.9 Å². The largest absolute Gasteiger partial charge is 0.369 e. The number of hydrogen-bond donors (Lipinski definition) is 2. The fourth-order valence-electron chi connectivity index (χ4n) is 1.93. The lowest BCUT2D eigenvalue weighted by Crippen LogP contribution is -2.39. The van der Waals surface area contributed by atoms with Crippen LogP contribution in [-0.2, 0) is 4.79 Å². The van der Waals surface area contributed by atoms with Gasteiger partial charge in [-0.15, -0.1) is 0 Å². The van der Waals surface area contributed by atoms with Crippen molar-refractivity contribution < 1.29 is 4.79 Å². The van der Waals surface area contributed by atoms with Crippen molar-refractivity contribution in [1.82, 2.24) is 9.97 Å². The summed E-state index contributed by atoms with van der Waals surface area (Å²) < 4.78 is 0. The third-order valence-electron chi connectivity index (χ3n) is 2.88. The average Bonchev–Trinajstić information content (AvgIpc) is 2.29. The van der Waals surface area contributed by atoms with Crippen LogP contribution < -0.4 is 16.4 Å². The molecule has 0 bridgehead atoms. The molecule has 86 valence electrons. The first-order valence-corrected chi connectivity index (χ1v) is 5.29. The van der Waals surface area contributed by atoms with Gasteiger partial charge >= 0.3 is 0 Å². The average molecular weight is 221 g/mol. The molecule has 1 aliphatic rings. The Bertz CT molecular complexity index is 387. The van der Waals surface area contributed by atoms with Gasteiger partial charge < -0.3 is 16.4 Å². The minimum absolute atomic E-state index is 0.00423. The standard InChI is InChI=1S/C10H15N5O/c11-9(16)7-2-5-15(6-3-7)8-1-4-13-10(12)14-8/h1,4,7H,2-3,5-6H2,(H2,11,16)(H2,12,13,14). The van der Waals surface area contributed by atoms with Gasteiger partial charge in [-0.05, 0) is 18.9 Å². The lowest BCUT2D eigenvalue weighted by atomic mass is 9.96. The Labute approximate surface area is 93.7 Å². The normalized spacial score (nSPS) is 17.4. The molecule has 0 atom stereocenters. The first-order valence-electron chi connectivity index (χ1n) is 5.29. The van der Waals surface area contributed by atoms with Crippen molar-refractivity contribution in [3.63, 3.8) is 0 Å². The number of anilines is 2. The minimum Gasteiger partial charge on any atom is -0.369 e. The molecule has 4 N–H and O–H groups in total. The summed E-state index contributed by atoms with van der Waals surface area (Å²) in [7, 11) is 0. The Hall–Kier alpha value is -1.85. The molecule has 1 fully saturated rings. The molecule has 1 aromatic heterocycles. The molecule has 6 heteroatoms. The van der Waals surface area contributed by atoms with Gasteiger partial charge in [-0.2, -0.15) is 4.98 Å². The number of nitrogens with zero attached hydrogens (tertiary/aromatic N) is 3. The smallest absolute Gasteiger partial charge is 0.221 e. The van der Waals surface area contributed by atoms with Gasteiger partial charge in [-0.25, -0.2) is 4.98 Å². The highest BCUT2D eigenvalue weighted by molar-refractivity contribution is 5.76. The molecule has 1 saturated heterocycles. The molecular weight excluding hydrogens is 206 g/mol. The first-order chi connectivity index (χ1) is 7.66. The first kappa shape index (κ1) is 10.7. The molecule has 2 rings (SSSR count). The van der Waals surface area contributed by atoms with E-state index in [9.17, 15) is 4.79 Å². The molecular formula is C10H15N5O. The van der Waals surface area contributed by atoms with Crippen LogP contribution in [0.15, 0.2) is 12.3 Å². The Balaban J connectivity index is 2.01. The van der Waals surface area contributed by atoms with E-state index in [2.05, 4.69) is 14.9 Å². The van der Waals surface area contributed by atoms with Gasteiger partial charge in [0.1, 0.15) is 5.82 Å². The van der Waals surface area contributed by atoms with Gasteiger partial charge in [0.05, 0.1) is 0 Å². The quantitative estimate of drug-likeness (QED) is 0.718. The monoisotopic (exact) mass is 221 g/mol. The molecule has 0 aromatic carbocycles. The molecule has 1 aliphatic heterocycles. The van der Waals surface area contributed by atoms with Crippen molar-refractivity contribution in [2.24, 2.45) is 11.7 Å². The molecule has 16 heavy (non-hydrogen) atoms. The second-order valence-electron chi connectivity index (χ2n) is 3.94. The van der Waals surface area contributed by atoms with Crippen LogP contribution in [0, 0.1) is 5.92 Å². The summed E-state index contributed by atoms with van der Waals surface area (Å²) in [6.45, 7) is 1.56. The fourth-order valence-corrected chi connectivity index (χ4v) is 1.93. The maximum atomic E-state index is 11.0. The summed E-state index contributed by atoms with van der Waals surface area (Å²) in [6, 6.07) is 1.82. The number of rotatable bonds is 2. The Morgan fingerprint density at radius 3 is 2.69 bits per heavy atom. The number of carbonyl (C=O) groups is 1. The summed E-state index contributed by atoms with van der Waals surface area (Å²) in [5, 5.41) is 0. The van der Waals surface area contributed by atoms with Crippen molar-refractivity contribution in [3.05, 3.63) is 12.3 Å². The van der Waals surface area contributed by atoms with Gasteiger partial charge in [0.25, 0.3) is 0 Å². The molecule has 1 amide bonds. The number of piperidine rings is 1. The topological polar surface area (TPSA) is 98.1 Å². The molecule has 1 aromatic rings. The maximum absolute atomic E-state index is 11.0. The predicted molar refractivity (Wildman–Crippen MR) is 60.6 cm³/mol. The molecule has 0 saturated carbocycles. The molecule has 6 nitrogen and oxygen atoms in total. The van der Waals surface area contributed by atoms with Crippen LogP contribution in [0.25, 0.3) is 0 Å². The van der Waals surface area contributed by atoms with E-state index in [0.29, 0.717) is 0 Å². The summed E-state index contributed by atoms with van der Waals surface area (Å²) >= 11 is 0. The van der Waals surface area contributed by atoms with E-state index >= 15 is 0 Å². The van der Waals surface area contributed by atoms with Crippen LogP contribution >= 0.6 is 0 Å². The number of aromatic nitrogens is 2. The molecule has 0 aliphatic carbocycles. The summed E-state index contributed by atoms with van der Waals surface area (Å²) in [4.78, 5) is 21.1. The van der Waals surface area contributed by atoms with Crippen molar-refractivity contribution in [2.45, 2.75) is 12.8 Å². The zero-order valence-corrected chi connectivity index (χ0v) is 8.97. The van der Waals surface area contributed by atoms with Crippen LogP contribution in [0.2, 0.25) is 0 Å². The van der Waals surface area contributed by atoms with Crippen LogP contribution in [0.5, 0.6) is 0 Å². The van der Waals surface area contributed by atoms with Crippen LogP contribution in [0.1, 0.15) is 12.8 Å². The number of hydrogen-bond acceptors (Lipinski definition) is 5. The third-order valence-corrected chi connectivity index (χ3v) is 2.88. The molecule has 2 heterocycles. The van der Waals surface area contributed by atoms with E-state index in [1.807, 2.05) is 6.07 Å². The van der Waals surface area contributed by atoms with Gasteiger partial charge in [-0.1, -0.05) is 0 Å². The molecule has 0 spiro atoms. The number of amides is 1. The van der Waals surface area contributed by atoms with E-state index < -0.39 is 0 Å². The number of carbonyl (C=O) groups excluding carboxylic acids is 1. The number of primary amides is 1. The van der Waals surface area contributed by atoms with Crippen LogP contribution in [0.3, 0.4) is 0 Å². The minimum atomic E-state index is -0.207. The summed E-state index contributed by atoms with van der Waals surface area (Å²) in [5.41, 5.74) is 10.8. The zero-order chi connectivity index (χ0) is 11.5. The van der Waals surface area contributed by atoms with Crippen LogP contribution in [0.4, 0.5) is 11.8 Å². The lowest BCUT2D eigenvalue weighted by Gasteiger charge is -2.31.